The predicted octanol–water partition coefficient (Wildman–Crippen LogP) is 3.26. The monoisotopic (exact) mass is 292 g/mol. The second-order valence-corrected chi connectivity index (χ2v) is 5.93. The van der Waals surface area contributed by atoms with Crippen LogP contribution in [0.1, 0.15) is 52.3 Å². The summed E-state index contributed by atoms with van der Waals surface area (Å²) in [6, 6.07) is 1.99. The van der Waals surface area contributed by atoms with E-state index in [0.29, 0.717) is 17.9 Å². The minimum atomic E-state index is 0.322. The van der Waals surface area contributed by atoms with Crippen LogP contribution in [0.4, 0.5) is 11.6 Å². The summed E-state index contributed by atoms with van der Waals surface area (Å²) in [6.07, 6.45) is 2.60. The molecule has 0 aliphatic carbocycles. The average Bonchev–Trinajstić information content (AvgIpc) is 2.92. The largest absolute Gasteiger partial charge is 0.378 e. The predicted molar refractivity (Wildman–Crippen MR) is 86.9 cm³/mol. The van der Waals surface area contributed by atoms with E-state index >= 15 is 0 Å². The molecule has 1 saturated heterocycles. The van der Waals surface area contributed by atoms with Gasteiger partial charge in [0.15, 0.2) is 0 Å². The second-order valence-electron chi connectivity index (χ2n) is 5.93. The molecule has 0 bridgehead atoms. The molecule has 0 amide bonds. The number of nitrogens with zero attached hydrogens (tertiary/aromatic N) is 2. The van der Waals surface area contributed by atoms with E-state index in [-0.39, 0.29) is 0 Å². The Kier molecular flexibility index (Phi) is 5.79. The highest BCUT2D eigenvalue weighted by Gasteiger charge is 2.26. The van der Waals surface area contributed by atoms with Crippen molar-refractivity contribution in [3.63, 3.8) is 0 Å². The van der Waals surface area contributed by atoms with Crippen LogP contribution in [0.2, 0.25) is 0 Å². The molecule has 1 aliphatic rings. The molecule has 21 heavy (non-hydrogen) atoms. The molecule has 5 heteroatoms. The standard InChI is InChI=1S/C16H28N4O/c1-5-13-12(7-8-21-13)10-18-15-9-14(17-6-2)19-16(20-15)11(3)4/h9,11-13H,5-8,10H2,1-4H3,(H2,17,18,19,20). The van der Waals surface area contributed by atoms with Gasteiger partial charge in [0, 0.05) is 37.6 Å². The van der Waals surface area contributed by atoms with Crippen molar-refractivity contribution >= 4 is 11.6 Å². The second kappa shape index (κ2) is 7.59. The van der Waals surface area contributed by atoms with Crippen LogP contribution in [-0.4, -0.2) is 35.8 Å². The summed E-state index contributed by atoms with van der Waals surface area (Å²) in [7, 11) is 0. The molecule has 1 fully saturated rings. The van der Waals surface area contributed by atoms with Crippen LogP contribution in [0.25, 0.3) is 0 Å². The van der Waals surface area contributed by atoms with Crippen molar-refractivity contribution in [2.45, 2.75) is 52.6 Å². The summed E-state index contributed by atoms with van der Waals surface area (Å²) in [5.41, 5.74) is 0. The molecule has 118 valence electrons. The summed E-state index contributed by atoms with van der Waals surface area (Å²) >= 11 is 0. The average molecular weight is 292 g/mol. The highest BCUT2D eigenvalue weighted by atomic mass is 16.5. The molecule has 2 unspecified atom stereocenters. The number of hydrogen-bond donors (Lipinski definition) is 2. The van der Waals surface area contributed by atoms with Crippen LogP contribution >= 0.6 is 0 Å². The van der Waals surface area contributed by atoms with Crippen molar-refractivity contribution in [3.05, 3.63) is 11.9 Å². The van der Waals surface area contributed by atoms with Gasteiger partial charge in [0.25, 0.3) is 0 Å². The zero-order valence-electron chi connectivity index (χ0n) is 13.6. The molecule has 0 aromatic carbocycles. The van der Waals surface area contributed by atoms with Crippen molar-refractivity contribution in [2.75, 3.05) is 30.3 Å². The number of ether oxygens (including phenoxy) is 1. The van der Waals surface area contributed by atoms with Crippen molar-refractivity contribution in [3.8, 4) is 0 Å². The van der Waals surface area contributed by atoms with E-state index in [1.165, 1.54) is 0 Å². The van der Waals surface area contributed by atoms with Crippen molar-refractivity contribution in [2.24, 2.45) is 5.92 Å². The van der Waals surface area contributed by atoms with E-state index in [4.69, 9.17) is 4.74 Å². The zero-order valence-corrected chi connectivity index (χ0v) is 13.6. The first-order valence-electron chi connectivity index (χ1n) is 8.12. The van der Waals surface area contributed by atoms with Gasteiger partial charge in [0.2, 0.25) is 0 Å². The van der Waals surface area contributed by atoms with Gasteiger partial charge in [-0.2, -0.15) is 0 Å². The molecule has 2 N–H and O–H groups in total. The van der Waals surface area contributed by atoms with Gasteiger partial charge in [0.05, 0.1) is 6.10 Å². The SMILES string of the molecule is CCNc1cc(NCC2CCOC2CC)nc(C(C)C)n1. The van der Waals surface area contributed by atoms with Crippen molar-refractivity contribution in [1.82, 2.24) is 9.97 Å². The summed E-state index contributed by atoms with van der Waals surface area (Å²) in [5, 5.41) is 6.75. The molecule has 2 heterocycles. The fourth-order valence-corrected chi connectivity index (χ4v) is 2.70. The lowest BCUT2D eigenvalue weighted by molar-refractivity contribution is 0.0900. The van der Waals surface area contributed by atoms with Crippen LogP contribution in [0, 0.1) is 5.92 Å². The molecule has 1 aromatic heterocycles. The fraction of sp³-hybridized carbons (Fsp3) is 0.750. The van der Waals surface area contributed by atoms with E-state index < -0.39 is 0 Å². The van der Waals surface area contributed by atoms with E-state index in [9.17, 15) is 0 Å². The topological polar surface area (TPSA) is 59.1 Å². The van der Waals surface area contributed by atoms with E-state index in [0.717, 1.165) is 50.0 Å². The Bertz CT molecular complexity index is 450. The molecule has 2 rings (SSSR count). The fourth-order valence-electron chi connectivity index (χ4n) is 2.70. The van der Waals surface area contributed by atoms with Gasteiger partial charge >= 0.3 is 0 Å². The van der Waals surface area contributed by atoms with Gasteiger partial charge in [0.1, 0.15) is 17.5 Å². The molecule has 5 nitrogen and oxygen atoms in total. The lowest BCUT2D eigenvalue weighted by Crippen LogP contribution is -2.23. The third kappa shape index (κ3) is 4.30. The highest BCUT2D eigenvalue weighted by Crippen LogP contribution is 2.24. The lowest BCUT2D eigenvalue weighted by Gasteiger charge is -2.18. The zero-order chi connectivity index (χ0) is 15.2. The van der Waals surface area contributed by atoms with E-state index in [2.05, 4.69) is 48.3 Å². The van der Waals surface area contributed by atoms with Gasteiger partial charge in [-0.1, -0.05) is 20.8 Å². The molecule has 0 spiro atoms. The number of rotatable bonds is 7. The quantitative estimate of drug-likeness (QED) is 0.808. The Hall–Kier alpha value is -1.36. The molecule has 1 aliphatic heterocycles. The smallest absolute Gasteiger partial charge is 0.135 e. The van der Waals surface area contributed by atoms with Crippen LogP contribution < -0.4 is 10.6 Å². The maximum atomic E-state index is 5.74. The maximum absolute atomic E-state index is 5.74. The van der Waals surface area contributed by atoms with Gasteiger partial charge in [-0.15, -0.1) is 0 Å². The third-order valence-corrected chi connectivity index (χ3v) is 3.91. The van der Waals surface area contributed by atoms with Gasteiger partial charge < -0.3 is 15.4 Å². The number of hydrogen-bond acceptors (Lipinski definition) is 5. The molecule has 1 aromatic rings. The molecule has 2 atom stereocenters. The van der Waals surface area contributed by atoms with Crippen LogP contribution in [-0.2, 0) is 4.74 Å². The van der Waals surface area contributed by atoms with Crippen LogP contribution in [0.5, 0.6) is 0 Å². The van der Waals surface area contributed by atoms with E-state index in [1.54, 1.807) is 0 Å². The summed E-state index contributed by atoms with van der Waals surface area (Å²) in [4.78, 5) is 9.17. The molecule has 0 radical (unpaired) electrons. The Morgan fingerprint density at radius 3 is 2.57 bits per heavy atom. The maximum Gasteiger partial charge on any atom is 0.135 e. The van der Waals surface area contributed by atoms with Gasteiger partial charge in [-0.25, -0.2) is 9.97 Å². The van der Waals surface area contributed by atoms with Crippen LogP contribution in [0.3, 0.4) is 0 Å². The van der Waals surface area contributed by atoms with Crippen LogP contribution in [0.15, 0.2) is 6.07 Å². The molecular formula is C16H28N4O. The minimum absolute atomic E-state index is 0.322. The molecule has 0 saturated carbocycles. The first-order valence-corrected chi connectivity index (χ1v) is 8.12. The summed E-state index contributed by atoms with van der Waals surface area (Å²) < 4.78 is 5.74. The molecular weight excluding hydrogens is 264 g/mol. The Balaban J connectivity index is 2.04. The highest BCUT2D eigenvalue weighted by molar-refractivity contribution is 5.47. The Morgan fingerprint density at radius 1 is 1.24 bits per heavy atom. The first-order chi connectivity index (χ1) is 10.1. The van der Waals surface area contributed by atoms with E-state index in [1.807, 2.05) is 6.07 Å². The van der Waals surface area contributed by atoms with Crippen molar-refractivity contribution in [1.29, 1.82) is 0 Å². The lowest BCUT2D eigenvalue weighted by atomic mass is 10.00. The van der Waals surface area contributed by atoms with Gasteiger partial charge in [-0.05, 0) is 19.8 Å². The number of aromatic nitrogens is 2. The number of nitrogens with one attached hydrogen (secondary N) is 2. The van der Waals surface area contributed by atoms with Crippen molar-refractivity contribution < 1.29 is 4.74 Å². The summed E-state index contributed by atoms with van der Waals surface area (Å²) in [6.45, 7) is 11.2. The minimum Gasteiger partial charge on any atom is -0.378 e. The Labute approximate surface area is 127 Å². The Morgan fingerprint density at radius 2 is 1.95 bits per heavy atom. The first kappa shape index (κ1) is 16.0. The van der Waals surface area contributed by atoms with Gasteiger partial charge in [-0.3, -0.25) is 0 Å². The normalized spacial score (nSPS) is 21.8. The third-order valence-electron chi connectivity index (χ3n) is 3.91. The summed E-state index contributed by atoms with van der Waals surface area (Å²) in [5.74, 6) is 3.59. The number of anilines is 2.